The van der Waals surface area contributed by atoms with Crippen LogP contribution in [-0.4, -0.2) is 41.3 Å². The van der Waals surface area contributed by atoms with Gasteiger partial charge in [0.15, 0.2) is 0 Å². The molecule has 0 radical (unpaired) electrons. The predicted octanol–water partition coefficient (Wildman–Crippen LogP) is 1.45. The Kier molecular flexibility index (Phi) is 1.87. The molecule has 0 aromatic rings. The van der Waals surface area contributed by atoms with Crippen LogP contribution in [-0.2, 0) is 0 Å². The molecule has 1 unspecified atom stereocenters. The fourth-order valence-electron chi connectivity index (χ4n) is 1.96. The second kappa shape index (κ2) is 2.83. The Balaban J connectivity index is 2.47. The highest BCUT2D eigenvalue weighted by molar-refractivity contribution is 6.01. The van der Waals surface area contributed by atoms with Crippen molar-refractivity contribution in [1.82, 2.24) is 9.80 Å². The van der Waals surface area contributed by atoms with Gasteiger partial charge >= 0.3 is 6.03 Å². The highest BCUT2D eigenvalue weighted by Gasteiger charge is 2.36. The molecule has 0 aliphatic carbocycles. The van der Waals surface area contributed by atoms with Crippen molar-refractivity contribution in [2.24, 2.45) is 4.99 Å². The number of carbonyl (C=O) groups is 1. The normalized spacial score (nSPS) is 27.0. The minimum absolute atomic E-state index is 0.0347. The van der Waals surface area contributed by atoms with Crippen LogP contribution >= 0.6 is 0 Å². The molecule has 0 bridgehead atoms. The van der Waals surface area contributed by atoms with Crippen LogP contribution in [0.2, 0.25) is 0 Å². The molecule has 76 valence electrons. The summed E-state index contributed by atoms with van der Waals surface area (Å²) in [5.74, 6) is 0.812. The Morgan fingerprint density at radius 1 is 1.43 bits per heavy atom. The molecule has 2 amide bonds. The Hall–Kier alpha value is -1.32. The zero-order chi connectivity index (χ0) is 10.5. The first-order valence-electron chi connectivity index (χ1n) is 4.81. The molecule has 0 N–H and O–H groups in total. The minimum atomic E-state index is 0.0347. The van der Waals surface area contributed by atoms with Crippen molar-refractivity contribution in [2.75, 3.05) is 13.6 Å². The fourth-order valence-corrected chi connectivity index (χ4v) is 1.96. The maximum Gasteiger partial charge on any atom is 0.329 e. The molecule has 2 aliphatic rings. The lowest BCUT2D eigenvalue weighted by molar-refractivity contribution is 0.213. The van der Waals surface area contributed by atoms with E-state index in [4.69, 9.17) is 0 Å². The Morgan fingerprint density at radius 2 is 2.07 bits per heavy atom. The van der Waals surface area contributed by atoms with Gasteiger partial charge in [0.1, 0.15) is 5.84 Å². The summed E-state index contributed by atoms with van der Waals surface area (Å²) >= 11 is 0. The zero-order valence-corrected chi connectivity index (χ0v) is 9.03. The third-order valence-electron chi connectivity index (χ3n) is 2.96. The second-order valence-corrected chi connectivity index (χ2v) is 3.96. The van der Waals surface area contributed by atoms with Crippen LogP contribution in [0.15, 0.2) is 16.3 Å². The fraction of sp³-hybridized carbons (Fsp3) is 0.600. The first kappa shape index (κ1) is 9.24. The van der Waals surface area contributed by atoms with Crippen LogP contribution in [0.25, 0.3) is 0 Å². The highest BCUT2D eigenvalue weighted by Crippen LogP contribution is 2.28. The van der Waals surface area contributed by atoms with Crippen molar-refractivity contribution in [3.63, 3.8) is 0 Å². The molecule has 2 rings (SSSR count). The van der Waals surface area contributed by atoms with Crippen molar-refractivity contribution < 1.29 is 4.79 Å². The van der Waals surface area contributed by atoms with Crippen molar-refractivity contribution in [2.45, 2.75) is 26.8 Å². The number of hydrogen-bond acceptors (Lipinski definition) is 2. The number of amidine groups is 1. The summed E-state index contributed by atoms with van der Waals surface area (Å²) in [5, 5.41) is 0. The lowest BCUT2D eigenvalue weighted by Crippen LogP contribution is -2.36. The summed E-state index contributed by atoms with van der Waals surface area (Å²) in [6.45, 7) is 6.71. The number of aliphatic imine (C=N–C) groups is 1. The third kappa shape index (κ3) is 1.06. The van der Waals surface area contributed by atoms with E-state index in [0.29, 0.717) is 6.54 Å². The molecule has 2 aliphatic heterocycles. The molecular formula is C10H15N3O. The van der Waals surface area contributed by atoms with Gasteiger partial charge in [-0.3, -0.25) is 9.89 Å². The molecule has 0 saturated carbocycles. The smallest absolute Gasteiger partial charge is 0.321 e. The summed E-state index contributed by atoms with van der Waals surface area (Å²) < 4.78 is 0. The Bertz CT molecular complexity index is 356. The maximum absolute atomic E-state index is 11.7. The predicted molar refractivity (Wildman–Crippen MR) is 55.1 cm³/mol. The van der Waals surface area contributed by atoms with Crippen LogP contribution in [0.5, 0.6) is 0 Å². The molecule has 4 nitrogen and oxygen atoms in total. The molecule has 4 heteroatoms. The van der Waals surface area contributed by atoms with Gasteiger partial charge in [-0.2, -0.15) is 0 Å². The molecular weight excluding hydrogens is 178 g/mol. The zero-order valence-electron chi connectivity index (χ0n) is 9.03. The van der Waals surface area contributed by atoms with Crippen LogP contribution in [0, 0.1) is 0 Å². The van der Waals surface area contributed by atoms with Gasteiger partial charge in [0.2, 0.25) is 0 Å². The maximum atomic E-state index is 11.7. The van der Waals surface area contributed by atoms with E-state index in [9.17, 15) is 4.79 Å². The lowest BCUT2D eigenvalue weighted by atomic mass is 10.1. The van der Waals surface area contributed by atoms with E-state index in [0.717, 1.165) is 11.5 Å². The number of amides is 2. The number of nitrogens with zero attached hydrogens (tertiary/aromatic N) is 3. The van der Waals surface area contributed by atoms with E-state index in [1.165, 1.54) is 5.57 Å². The number of fused-ring (bicyclic) bond motifs is 1. The van der Waals surface area contributed by atoms with Gasteiger partial charge in [-0.25, -0.2) is 4.79 Å². The van der Waals surface area contributed by atoms with E-state index < -0.39 is 0 Å². The van der Waals surface area contributed by atoms with Crippen molar-refractivity contribution >= 4 is 11.9 Å². The van der Waals surface area contributed by atoms with E-state index >= 15 is 0 Å². The largest absolute Gasteiger partial charge is 0.329 e. The van der Waals surface area contributed by atoms with Gasteiger partial charge < -0.3 is 4.90 Å². The van der Waals surface area contributed by atoms with Gasteiger partial charge in [-0.05, 0) is 26.3 Å². The number of rotatable bonds is 0. The number of likely N-dealkylation sites (N-methyl/N-ethyl adjacent to an activating group) is 1. The summed E-state index contributed by atoms with van der Waals surface area (Å²) in [4.78, 5) is 19.6. The first-order valence-corrected chi connectivity index (χ1v) is 4.81. The summed E-state index contributed by atoms with van der Waals surface area (Å²) in [6.07, 6.45) is 0. The molecule has 0 spiro atoms. The van der Waals surface area contributed by atoms with Crippen molar-refractivity contribution in [3.8, 4) is 0 Å². The molecule has 1 atom stereocenters. The average Bonchev–Trinajstić information content (AvgIpc) is 2.40. The summed E-state index contributed by atoms with van der Waals surface area (Å²) in [5.41, 5.74) is 2.31. The second-order valence-electron chi connectivity index (χ2n) is 3.96. The standard InChI is InChI=1S/C10H15N3O/c1-6-7(2)11-8(3)13-9(6)5-12(4)10(13)14/h7H,5H2,1-4H3. The molecule has 1 saturated heterocycles. The average molecular weight is 193 g/mol. The molecule has 0 aromatic carbocycles. The van der Waals surface area contributed by atoms with Gasteiger partial charge in [0.05, 0.1) is 12.6 Å². The minimum Gasteiger partial charge on any atom is -0.321 e. The number of hydrogen-bond donors (Lipinski definition) is 0. The molecule has 1 fully saturated rings. The van der Waals surface area contributed by atoms with E-state index in [1.807, 2.05) is 14.0 Å². The third-order valence-corrected chi connectivity index (χ3v) is 2.96. The first-order chi connectivity index (χ1) is 6.52. The van der Waals surface area contributed by atoms with Crippen LogP contribution < -0.4 is 0 Å². The van der Waals surface area contributed by atoms with Crippen LogP contribution in [0.4, 0.5) is 4.79 Å². The SMILES string of the molecule is CC1=NC(C)C(C)=C2CN(C)C(=O)N12. The van der Waals surface area contributed by atoms with Crippen LogP contribution in [0.3, 0.4) is 0 Å². The number of carbonyl (C=O) groups excluding carboxylic acids is 1. The Labute approximate surface area is 83.9 Å². The monoisotopic (exact) mass is 193 g/mol. The molecule has 0 aromatic heterocycles. The molecule has 2 heterocycles. The Morgan fingerprint density at radius 3 is 2.71 bits per heavy atom. The van der Waals surface area contributed by atoms with Gasteiger partial charge in [-0.15, -0.1) is 0 Å². The van der Waals surface area contributed by atoms with Crippen LogP contribution in [0.1, 0.15) is 20.8 Å². The molecule has 14 heavy (non-hydrogen) atoms. The van der Waals surface area contributed by atoms with E-state index in [2.05, 4.69) is 18.8 Å². The summed E-state index contributed by atoms with van der Waals surface area (Å²) in [6, 6.07) is 0.244. The van der Waals surface area contributed by atoms with Crippen molar-refractivity contribution in [1.29, 1.82) is 0 Å². The van der Waals surface area contributed by atoms with Gasteiger partial charge in [0, 0.05) is 12.7 Å². The quantitative estimate of drug-likeness (QED) is 0.573. The summed E-state index contributed by atoms with van der Waals surface area (Å²) in [7, 11) is 1.82. The highest BCUT2D eigenvalue weighted by atomic mass is 16.2. The van der Waals surface area contributed by atoms with Gasteiger partial charge in [0.25, 0.3) is 0 Å². The lowest BCUT2D eigenvalue weighted by Gasteiger charge is -2.25. The number of urea groups is 1. The van der Waals surface area contributed by atoms with E-state index in [1.54, 1.807) is 9.80 Å². The van der Waals surface area contributed by atoms with Crippen molar-refractivity contribution in [3.05, 3.63) is 11.3 Å². The topological polar surface area (TPSA) is 35.9 Å². The van der Waals surface area contributed by atoms with Gasteiger partial charge in [-0.1, -0.05) is 0 Å². The van der Waals surface area contributed by atoms with E-state index in [-0.39, 0.29) is 12.1 Å².